The summed E-state index contributed by atoms with van der Waals surface area (Å²) in [6.07, 6.45) is 1.10. The first-order chi connectivity index (χ1) is 15.7. The predicted molar refractivity (Wildman–Crippen MR) is 128 cm³/mol. The lowest BCUT2D eigenvalue weighted by Gasteiger charge is -2.38. The summed E-state index contributed by atoms with van der Waals surface area (Å²) in [7, 11) is 1.69. The molecule has 0 spiro atoms. The highest BCUT2D eigenvalue weighted by Crippen LogP contribution is 2.14. The van der Waals surface area contributed by atoms with Gasteiger partial charge in [-0.05, 0) is 29.7 Å². The molecule has 2 aromatic rings. The molecule has 6 heteroatoms. The number of amides is 1. The molecule has 6 nitrogen and oxygen atoms in total. The highest BCUT2D eigenvalue weighted by molar-refractivity contribution is 5.78. The van der Waals surface area contributed by atoms with Gasteiger partial charge in [0.1, 0.15) is 5.75 Å². The van der Waals surface area contributed by atoms with Crippen LogP contribution in [-0.2, 0) is 17.8 Å². The molecule has 32 heavy (non-hydrogen) atoms. The molecule has 0 aliphatic carbocycles. The van der Waals surface area contributed by atoms with Gasteiger partial charge >= 0.3 is 0 Å². The number of benzene rings is 2. The SMILES string of the molecule is COc1ccc(CN2CCN(C(=O)CN3CCN(CCc4ccccc4)CC3)CC2)cc1. The van der Waals surface area contributed by atoms with Crippen molar-refractivity contribution >= 4 is 5.91 Å². The fourth-order valence-corrected chi connectivity index (χ4v) is 4.54. The summed E-state index contributed by atoms with van der Waals surface area (Å²) >= 11 is 0. The van der Waals surface area contributed by atoms with Gasteiger partial charge in [0.2, 0.25) is 5.91 Å². The van der Waals surface area contributed by atoms with Gasteiger partial charge in [0.05, 0.1) is 13.7 Å². The molecule has 2 fully saturated rings. The van der Waals surface area contributed by atoms with Crippen LogP contribution in [0, 0.1) is 0 Å². The van der Waals surface area contributed by atoms with E-state index in [9.17, 15) is 4.79 Å². The molecule has 0 unspecified atom stereocenters. The maximum Gasteiger partial charge on any atom is 0.236 e. The molecule has 172 valence electrons. The summed E-state index contributed by atoms with van der Waals surface area (Å²) in [4.78, 5) is 22.2. The molecule has 0 bridgehead atoms. The highest BCUT2D eigenvalue weighted by atomic mass is 16.5. The Labute approximate surface area is 192 Å². The van der Waals surface area contributed by atoms with Crippen molar-refractivity contribution in [1.29, 1.82) is 0 Å². The van der Waals surface area contributed by atoms with Crippen molar-refractivity contribution in [3.8, 4) is 5.75 Å². The zero-order valence-corrected chi connectivity index (χ0v) is 19.3. The van der Waals surface area contributed by atoms with Crippen molar-refractivity contribution in [3.05, 3.63) is 65.7 Å². The second kappa shape index (κ2) is 11.5. The molecule has 2 heterocycles. The highest BCUT2D eigenvalue weighted by Gasteiger charge is 2.24. The van der Waals surface area contributed by atoms with Crippen molar-refractivity contribution in [2.75, 3.05) is 72.6 Å². The van der Waals surface area contributed by atoms with Gasteiger partial charge < -0.3 is 14.5 Å². The Kier molecular flexibility index (Phi) is 8.15. The standard InChI is InChI=1S/C26H36N4O2/c1-32-25-9-7-24(8-10-25)21-28-17-19-30(20-18-28)26(31)22-29-15-13-27(14-16-29)12-11-23-5-3-2-4-6-23/h2-10H,11-22H2,1H3. The first-order valence-corrected chi connectivity index (χ1v) is 11.8. The molecule has 0 atom stereocenters. The van der Waals surface area contributed by atoms with E-state index in [1.165, 1.54) is 11.1 Å². The maximum atomic E-state index is 12.8. The Morgan fingerprint density at radius 3 is 2.03 bits per heavy atom. The number of carbonyl (C=O) groups is 1. The normalized spacial score (nSPS) is 18.6. The Hall–Kier alpha value is -2.41. The average Bonchev–Trinajstić information content (AvgIpc) is 2.85. The number of carbonyl (C=O) groups excluding carboxylic acids is 1. The van der Waals surface area contributed by atoms with E-state index in [1.54, 1.807) is 7.11 Å². The number of methoxy groups -OCH3 is 1. The van der Waals surface area contributed by atoms with Crippen LogP contribution in [0.3, 0.4) is 0 Å². The molecule has 1 amide bonds. The Morgan fingerprint density at radius 2 is 1.38 bits per heavy atom. The molecule has 2 aromatic carbocycles. The third-order valence-corrected chi connectivity index (χ3v) is 6.67. The van der Waals surface area contributed by atoms with Crippen LogP contribution in [0.15, 0.2) is 54.6 Å². The lowest BCUT2D eigenvalue weighted by Crippen LogP contribution is -2.53. The molecule has 2 aliphatic heterocycles. The summed E-state index contributed by atoms with van der Waals surface area (Å²) < 4.78 is 5.23. The lowest BCUT2D eigenvalue weighted by molar-refractivity contribution is -0.134. The van der Waals surface area contributed by atoms with E-state index in [0.29, 0.717) is 6.54 Å². The van der Waals surface area contributed by atoms with Gasteiger partial charge in [-0.25, -0.2) is 0 Å². The first kappa shape index (κ1) is 22.8. The predicted octanol–water partition coefficient (Wildman–Crippen LogP) is 2.20. The first-order valence-electron chi connectivity index (χ1n) is 11.8. The summed E-state index contributed by atoms with van der Waals surface area (Å²) in [6, 6.07) is 19.0. The van der Waals surface area contributed by atoms with Gasteiger partial charge in [-0.2, -0.15) is 0 Å². The Bertz CT molecular complexity index is 827. The van der Waals surface area contributed by atoms with Gasteiger partial charge in [0.15, 0.2) is 0 Å². The average molecular weight is 437 g/mol. The van der Waals surface area contributed by atoms with Crippen LogP contribution in [0.1, 0.15) is 11.1 Å². The zero-order valence-electron chi connectivity index (χ0n) is 19.3. The number of piperazine rings is 2. The molecular formula is C26H36N4O2. The third-order valence-electron chi connectivity index (χ3n) is 6.67. The molecule has 4 rings (SSSR count). The number of nitrogens with zero attached hydrogens (tertiary/aromatic N) is 4. The van der Waals surface area contributed by atoms with Crippen molar-refractivity contribution in [2.45, 2.75) is 13.0 Å². The smallest absolute Gasteiger partial charge is 0.236 e. The van der Waals surface area contributed by atoms with Gasteiger partial charge in [-0.15, -0.1) is 0 Å². The summed E-state index contributed by atoms with van der Waals surface area (Å²) in [5.41, 5.74) is 2.69. The molecule has 2 saturated heterocycles. The largest absolute Gasteiger partial charge is 0.497 e. The fourth-order valence-electron chi connectivity index (χ4n) is 4.54. The van der Waals surface area contributed by atoms with Crippen molar-refractivity contribution in [1.82, 2.24) is 19.6 Å². The monoisotopic (exact) mass is 436 g/mol. The molecule has 0 N–H and O–H groups in total. The Balaban J connectivity index is 1.13. The van der Waals surface area contributed by atoms with Crippen LogP contribution in [0.2, 0.25) is 0 Å². The zero-order chi connectivity index (χ0) is 22.2. The van der Waals surface area contributed by atoms with Gasteiger partial charge in [-0.3, -0.25) is 14.6 Å². The molecule has 0 radical (unpaired) electrons. The van der Waals surface area contributed by atoms with Crippen molar-refractivity contribution in [3.63, 3.8) is 0 Å². The second-order valence-electron chi connectivity index (χ2n) is 8.86. The maximum absolute atomic E-state index is 12.8. The minimum absolute atomic E-state index is 0.284. The number of rotatable bonds is 8. The summed E-state index contributed by atoms with van der Waals surface area (Å²) in [5, 5.41) is 0. The van der Waals surface area contributed by atoms with Crippen LogP contribution < -0.4 is 4.74 Å². The van der Waals surface area contributed by atoms with Crippen LogP contribution in [0.4, 0.5) is 0 Å². The van der Waals surface area contributed by atoms with E-state index in [1.807, 2.05) is 17.0 Å². The minimum atomic E-state index is 0.284. The van der Waals surface area contributed by atoms with Crippen molar-refractivity contribution < 1.29 is 9.53 Å². The van der Waals surface area contributed by atoms with Gasteiger partial charge in [-0.1, -0.05) is 42.5 Å². The summed E-state index contributed by atoms with van der Waals surface area (Å²) in [6.45, 7) is 10.2. The molecule has 0 aromatic heterocycles. The van der Waals surface area contributed by atoms with E-state index in [4.69, 9.17) is 4.74 Å². The molecule has 0 saturated carbocycles. The van der Waals surface area contributed by atoms with Crippen molar-refractivity contribution in [2.24, 2.45) is 0 Å². The minimum Gasteiger partial charge on any atom is -0.497 e. The van der Waals surface area contributed by atoms with E-state index in [0.717, 1.165) is 77.6 Å². The fraction of sp³-hybridized carbons (Fsp3) is 0.500. The van der Waals surface area contributed by atoms with E-state index < -0.39 is 0 Å². The number of ether oxygens (including phenoxy) is 1. The van der Waals surface area contributed by atoms with E-state index >= 15 is 0 Å². The van der Waals surface area contributed by atoms with Crippen LogP contribution in [0.5, 0.6) is 5.75 Å². The quantitative estimate of drug-likeness (QED) is 0.635. The van der Waals surface area contributed by atoms with E-state index in [2.05, 4.69) is 57.2 Å². The summed E-state index contributed by atoms with van der Waals surface area (Å²) in [5.74, 6) is 1.17. The van der Waals surface area contributed by atoms with Gasteiger partial charge in [0, 0.05) is 65.4 Å². The van der Waals surface area contributed by atoms with Crippen LogP contribution in [-0.4, -0.2) is 98.1 Å². The molecule has 2 aliphatic rings. The van der Waals surface area contributed by atoms with Crippen LogP contribution >= 0.6 is 0 Å². The lowest BCUT2D eigenvalue weighted by atomic mass is 10.1. The number of hydrogen-bond donors (Lipinski definition) is 0. The number of hydrogen-bond acceptors (Lipinski definition) is 5. The van der Waals surface area contributed by atoms with Gasteiger partial charge in [0.25, 0.3) is 0 Å². The molecular weight excluding hydrogens is 400 g/mol. The second-order valence-corrected chi connectivity index (χ2v) is 8.86. The third kappa shape index (κ3) is 6.55. The van der Waals surface area contributed by atoms with Crippen LogP contribution in [0.25, 0.3) is 0 Å². The Morgan fingerprint density at radius 1 is 0.750 bits per heavy atom. The topological polar surface area (TPSA) is 39.3 Å². The van der Waals surface area contributed by atoms with E-state index in [-0.39, 0.29) is 5.91 Å².